The van der Waals surface area contributed by atoms with Crippen molar-refractivity contribution in [1.29, 1.82) is 0 Å². The molecule has 1 atom stereocenters. The maximum atomic E-state index is 5.87. The van der Waals surface area contributed by atoms with E-state index in [1.54, 1.807) is 30.9 Å². The number of nitrogens with two attached hydrogens (primary N) is 1. The average Bonchev–Trinajstić information content (AvgIpc) is 2.40. The van der Waals surface area contributed by atoms with E-state index < -0.39 is 0 Å². The fourth-order valence-electron chi connectivity index (χ4n) is 1.44. The van der Waals surface area contributed by atoms with Crippen LogP contribution in [-0.4, -0.2) is 26.0 Å². The first kappa shape index (κ1) is 11.6. The molecular weight excluding hydrogens is 214 g/mol. The Labute approximate surface area is 100 Å². The minimum Gasteiger partial charge on any atom is -0.327 e. The monoisotopic (exact) mass is 229 g/mol. The van der Waals surface area contributed by atoms with Gasteiger partial charge in [0.1, 0.15) is 0 Å². The van der Waals surface area contributed by atoms with Crippen molar-refractivity contribution in [3.8, 4) is 11.6 Å². The molecule has 17 heavy (non-hydrogen) atoms. The molecule has 0 aliphatic carbocycles. The first-order chi connectivity index (χ1) is 8.29. The molecule has 0 radical (unpaired) electrons. The standard InChI is InChI=1S/C12H15N5/c1-2-10(13)6-9-7-16-12(17-8-9)11-14-4-3-5-15-11/h3-5,7-8,10H,2,6,13H2,1H3. The summed E-state index contributed by atoms with van der Waals surface area (Å²) in [6, 6.07) is 1.93. The second-order valence-corrected chi connectivity index (χ2v) is 3.86. The molecule has 5 heteroatoms. The molecule has 0 saturated heterocycles. The molecule has 88 valence electrons. The fourth-order valence-corrected chi connectivity index (χ4v) is 1.44. The molecule has 2 rings (SSSR count). The Bertz CT molecular complexity index is 454. The van der Waals surface area contributed by atoms with Crippen molar-refractivity contribution in [3.05, 3.63) is 36.4 Å². The Morgan fingerprint density at radius 3 is 2.24 bits per heavy atom. The highest BCUT2D eigenvalue weighted by Gasteiger charge is 2.05. The fraction of sp³-hybridized carbons (Fsp3) is 0.333. The van der Waals surface area contributed by atoms with Gasteiger partial charge in [-0.05, 0) is 24.5 Å². The van der Waals surface area contributed by atoms with Crippen LogP contribution in [0.15, 0.2) is 30.9 Å². The topological polar surface area (TPSA) is 77.6 Å². The normalized spacial score (nSPS) is 12.4. The van der Waals surface area contributed by atoms with E-state index >= 15 is 0 Å². The van der Waals surface area contributed by atoms with Crippen LogP contribution in [0.1, 0.15) is 18.9 Å². The van der Waals surface area contributed by atoms with Crippen LogP contribution in [0.2, 0.25) is 0 Å². The smallest absolute Gasteiger partial charge is 0.197 e. The molecule has 0 aliphatic rings. The molecule has 0 saturated carbocycles. The predicted octanol–water partition coefficient (Wildman–Crippen LogP) is 1.21. The van der Waals surface area contributed by atoms with Crippen LogP contribution in [0.5, 0.6) is 0 Å². The highest BCUT2D eigenvalue weighted by atomic mass is 15.0. The van der Waals surface area contributed by atoms with Crippen molar-refractivity contribution in [3.63, 3.8) is 0 Å². The minimum atomic E-state index is 0.164. The summed E-state index contributed by atoms with van der Waals surface area (Å²) in [5, 5.41) is 0. The van der Waals surface area contributed by atoms with Crippen molar-refractivity contribution >= 4 is 0 Å². The molecule has 5 nitrogen and oxygen atoms in total. The summed E-state index contributed by atoms with van der Waals surface area (Å²) in [6.07, 6.45) is 8.66. The van der Waals surface area contributed by atoms with E-state index in [0.29, 0.717) is 11.6 Å². The summed E-state index contributed by atoms with van der Waals surface area (Å²) in [6.45, 7) is 2.07. The van der Waals surface area contributed by atoms with Gasteiger partial charge in [0.2, 0.25) is 0 Å². The molecule has 1 unspecified atom stereocenters. The van der Waals surface area contributed by atoms with E-state index in [1.165, 1.54) is 0 Å². The maximum absolute atomic E-state index is 5.87. The average molecular weight is 229 g/mol. The van der Waals surface area contributed by atoms with Gasteiger partial charge >= 0.3 is 0 Å². The Morgan fingerprint density at radius 2 is 1.65 bits per heavy atom. The first-order valence-corrected chi connectivity index (χ1v) is 5.63. The lowest BCUT2D eigenvalue weighted by Gasteiger charge is -2.07. The van der Waals surface area contributed by atoms with Crippen LogP contribution in [0.3, 0.4) is 0 Å². The summed E-state index contributed by atoms with van der Waals surface area (Å²) in [5.41, 5.74) is 6.91. The van der Waals surface area contributed by atoms with Crippen molar-refractivity contribution in [2.24, 2.45) is 5.73 Å². The van der Waals surface area contributed by atoms with Crippen LogP contribution in [0.4, 0.5) is 0 Å². The Morgan fingerprint density at radius 1 is 1.06 bits per heavy atom. The Kier molecular flexibility index (Phi) is 3.72. The second kappa shape index (κ2) is 5.45. The first-order valence-electron chi connectivity index (χ1n) is 5.63. The summed E-state index contributed by atoms with van der Waals surface area (Å²) >= 11 is 0. The van der Waals surface area contributed by atoms with E-state index in [2.05, 4.69) is 26.9 Å². The maximum Gasteiger partial charge on any atom is 0.197 e. The van der Waals surface area contributed by atoms with Crippen LogP contribution in [0, 0.1) is 0 Å². The third-order valence-corrected chi connectivity index (χ3v) is 2.49. The van der Waals surface area contributed by atoms with Gasteiger partial charge in [-0.25, -0.2) is 19.9 Å². The molecule has 0 aromatic carbocycles. The quantitative estimate of drug-likeness (QED) is 0.852. The third-order valence-electron chi connectivity index (χ3n) is 2.49. The molecule has 0 bridgehead atoms. The van der Waals surface area contributed by atoms with Crippen LogP contribution < -0.4 is 5.73 Å². The van der Waals surface area contributed by atoms with Crippen LogP contribution in [-0.2, 0) is 6.42 Å². The van der Waals surface area contributed by atoms with Gasteiger partial charge in [0.05, 0.1) is 0 Å². The lowest BCUT2D eigenvalue weighted by molar-refractivity contribution is 0.643. The van der Waals surface area contributed by atoms with Crippen molar-refractivity contribution in [1.82, 2.24) is 19.9 Å². The van der Waals surface area contributed by atoms with Crippen LogP contribution >= 0.6 is 0 Å². The predicted molar refractivity (Wildman–Crippen MR) is 65.0 cm³/mol. The minimum absolute atomic E-state index is 0.164. The SMILES string of the molecule is CCC(N)Cc1cnc(-c2ncccn2)nc1. The zero-order valence-electron chi connectivity index (χ0n) is 9.74. The van der Waals surface area contributed by atoms with Crippen molar-refractivity contribution < 1.29 is 0 Å². The zero-order chi connectivity index (χ0) is 12.1. The second-order valence-electron chi connectivity index (χ2n) is 3.86. The Hall–Kier alpha value is -1.88. The van der Waals surface area contributed by atoms with Gasteiger partial charge in [0.25, 0.3) is 0 Å². The van der Waals surface area contributed by atoms with Gasteiger partial charge in [0, 0.05) is 30.8 Å². The number of hydrogen-bond acceptors (Lipinski definition) is 5. The van der Waals surface area contributed by atoms with E-state index in [1.807, 2.05) is 0 Å². The van der Waals surface area contributed by atoms with E-state index in [-0.39, 0.29) is 6.04 Å². The number of rotatable bonds is 4. The number of hydrogen-bond donors (Lipinski definition) is 1. The molecular formula is C12H15N5. The van der Waals surface area contributed by atoms with E-state index in [4.69, 9.17) is 5.73 Å². The summed E-state index contributed by atoms with van der Waals surface area (Å²) in [7, 11) is 0. The van der Waals surface area contributed by atoms with E-state index in [9.17, 15) is 0 Å². The van der Waals surface area contributed by atoms with Gasteiger partial charge in [-0.2, -0.15) is 0 Å². The van der Waals surface area contributed by atoms with Gasteiger partial charge in [0.15, 0.2) is 11.6 Å². The van der Waals surface area contributed by atoms with Gasteiger partial charge in [-0.15, -0.1) is 0 Å². The van der Waals surface area contributed by atoms with Crippen LogP contribution in [0.25, 0.3) is 11.6 Å². The summed E-state index contributed by atoms with van der Waals surface area (Å²) in [4.78, 5) is 16.7. The molecule has 0 fully saturated rings. The molecule has 2 N–H and O–H groups in total. The van der Waals surface area contributed by atoms with E-state index in [0.717, 1.165) is 18.4 Å². The summed E-state index contributed by atoms with van der Waals surface area (Å²) < 4.78 is 0. The van der Waals surface area contributed by atoms with Crippen molar-refractivity contribution in [2.45, 2.75) is 25.8 Å². The molecule has 0 aliphatic heterocycles. The van der Waals surface area contributed by atoms with Gasteiger partial charge in [-0.3, -0.25) is 0 Å². The lowest BCUT2D eigenvalue weighted by Crippen LogP contribution is -2.21. The molecule has 2 aromatic rings. The molecule has 2 heterocycles. The zero-order valence-corrected chi connectivity index (χ0v) is 9.74. The highest BCUT2D eigenvalue weighted by Crippen LogP contribution is 2.08. The molecule has 0 spiro atoms. The summed E-state index contributed by atoms with van der Waals surface area (Å²) in [5.74, 6) is 1.08. The molecule has 2 aromatic heterocycles. The highest BCUT2D eigenvalue weighted by molar-refractivity contribution is 5.41. The third kappa shape index (κ3) is 3.04. The largest absolute Gasteiger partial charge is 0.327 e. The lowest BCUT2D eigenvalue weighted by atomic mass is 10.1. The molecule has 0 amide bonds. The number of nitrogens with zero attached hydrogens (tertiary/aromatic N) is 4. The van der Waals surface area contributed by atoms with Gasteiger partial charge in [-0.1, -0.05) is 6.92 Å². The van der Waals surface area contributed by atoms with Gasteiger partial charge < -0.3 is 5.73 Å². The Balaban J connectivity index is 2.13. The van der Waals surface area contributed by atoms with Crippen molar-refractivity contribution in [2.75, 3.05) is 0 Å². The number of aromatic nitrogens is 4.